The van der Waals surface area contributed by atoms with E-state index < -0.39 is 0 Å². The van der Waals surface area contributed by atoms with Crippen molar-refractivity contribution in [2.45, 2.75) is 0 Å². The van der Waals surface area contributed by atoms with E-state index in [2.05, 4.69) is 37.0 Å². The largest absolute Gasteiger partial charge is 0.283 e. The summed E-state index contributed by atoms with van der Waals surface area (Å²) in [6.07, 6.45) is 3.87. The molecule has 5 aromatic rings. The molecule has 0 radical (unpaired) electrons. The molecule has 0 fully saturated rings. The average Bonchev–Trinajstić information content (AvgIpc) is 3.13. The van der Waals surface area contributed by atoms with Gasteiger partial charge in [0, 0.05) is 8.95 Å². The number of para-hydroxylation sites is 1. The van der Waals surface area contributed by atoms with Crippen LogP contribution in [0.1, 0.15) is 11.4 Å². The zero-order chi connectivity index (χ0) is 20.7. The van der Waals surface area contributed by atoms with Crippen molar-refractivity contribution in [3.63, 3.8) is 0 Å². The van der Waals surface area contributed by atoms with Crippen LogP contribution in [0, 0.1) is 0 Å². The summed E-state index contributed by atoms with van der Waals surface area (Å²) in [5.74, 6) is 1.06. The number of benzene rings is 3. The van der Waals surface area contributed by atoms with Crippen LogP contribution in [0.15, 0.2) is 86.5 Å². The van der Waals surface area contributed by atoms with E-state index in [0.29, 0.717) is 22.5 Å². The second-order valence-electron chi connectivity index (χ2n) is 6.69. The molecule has 3 aromatic carbocycles. The first-order chi connectivity index (χ1) is 14.6. The lowest BCUT2D eigenvalue weighted by atomic mass is 10.2. The maximum atomic E-state index is 13.2. The summed E-state index contributed by atoms with van der Waals surface area (Å²) in [6.45, 7) is 0. The zero-order valence-corrected chi connectivity index (χ0v) is 18.7. The van der Waals surface area contributed by atoms with E-state index in [4.69, 9.17) is 4.98 Å². The Morgan fingerprint density at radius 3 is 2.30 bits per heavy atom. The molecule has 0 spiro atoms. The monoisotopic (exact) mass is 520 g/mol. The van der Waals surface area contributed by atoms with Gasteiger partial charge in [-0.1, -0.05) is 70.5 Å². The summed E-state index contributed by atoms with van der Waals surface area (Å²) < 4.78 is 4.79. The van der Waals surface area contributed by atoms with Crippen LogP contribution in [0.25, 0.3) is 34.5 Å². The first kappa shape index (κ1) is 19.0. The van der Waals surface area contributed by atoms with Crippen molar-refractivity contribution < 1.29 is 0 Å². The molecule has 0 amide bonds. The number of hydrogen-bond acceptors (Lipinski definition) is 3. The molecular formula is C23H14Br2N4O. The minimum Gasteiger partial charge on any atom is -0.267 e. The normalized spacial score (nSPS) is 11.7. The van der Waals surface area contributed by atoms with Gasteiger partial charge in [0.05, 0.1) is 16.6 Å². The van der Waals surface area contributed by atoms with Gasteiger partial charge < -0.3 is 0 Å². The summed E-state index contributed by atoms with van der Waals surface area (Å²) in [4.78, 5) is 18.0. The van der Waals surface area contributed by atoms with E-state index in [0.717, 1.165) is 20.2 Å². The van der Waals surface area contributed by atoms with Crippen molar-refractivity contribution in [2.24, 2.45) is 0 Å². The van der Waals surface area contributed by atoms with Crippen LogP contribution in [0.3, 0.4) is 0 Å². The SMILES string of the molecule is O=c1c2cc(Br)cc(Br)c2nc2n(-c3ccccc3)c(/C=C/c3ccccc3)nn12. The Hall–Kier alpha value is -3.03. The van der Waals surface area contributed by atoms with Crippen LogP contribution in [0.2, 0.25) is 0 Å². The topological polar surface area (TPSA) is 52.2 Å². The molecule has 5 nitrogen and oxygen atoms in total. The zero-order valence-electron chi connectivity index (χ0n) is 15.5. The van der Waals surface area contributed by atoms with E-state index in [-0.39, 0.29) is 5.56 Å². The summed E-state index contributed by atoms with van der Waals surface area (Å²) in [5.41, 5.74) is 2.29. The fraction of sp³-hybridized carbons (Fsp3) is 0. The van der Waals surface area contributed by atoms with Crippen molar-refractivity contribution in [3.05, 3.63) is 103 Å². The Morgan fingerprint density at radius 1 is 0.867 bits per heavy atom. The molecule has 0 N–H and O–H groups in total. The molecule has 0 saturated carbocycles. The van der Waals surface area contributed by atoms with Crippen LogP contribution < -0.4 is 5.56 Å². The smallest absolute Gasteiger partial charge is 0.267 e. The molecule has 146 valence electrons. The number of fused-ring (bicyclic) bond motifs is 2. The van der Waals surface area contributed by atoms with Crippen LogP contribution in [-0.4, -0.2) is 19.2 Å². The van der Waals surface area contributed by atoms with Gasteiger partial charge in [-0.2, -0.15) is 4.52 Å². The quantitative estimate of drug-likeness (QED) is 0.304. The summed E-state index contributed by atoms with van der Waals surface area (Å²) in [5, 5.41) is 5.09. The maximum Gasteiger partial charge on any atom is 0.283 e. The molecular weight excluding hydrogens is 508 g/mol. The molecule has 2 aromatic heterocycles. The van der Waals surface area contributed by atoms with Crippen LogP contribution >= 0.6 is 31.9 Å². The van der Waals surface area contributed by atoms with Crippen LogP contribution in [0.4, 0.5) is 0 Å². The highest BCUT2D eigenvalue weighted by Gasteiger charge is 2.17. The van der Waals surface area contributed by atoms with Gasteiger partial charge in [0.1, 0.15) is 0 Å². The van der Waals surface area contributed by atoms with Crippen molar-refractivity contribution in [1.82, 2.24) is 19.2 Å². The fourth-order valence-corrected chi connectivity index (χ4v) is 4.66. The van der Waals surface area contributed by atoms with Crippen molar-refractivity contribution in [1.29, 1.82) is 0 Å². The van der Waals surface area contributed by atoms with E-state index in [1.807, 2.05) is 83.4 Å². The lowest BCUT2D eigenvalue weighted by Gasteiger charge is -2.06. The highest BCUT2D eigenvalue weighted by Crippen LogP contribution is 2.26. The predicted molar refractivity (Wildman–Crippen MR) is 127 cm³/mol. The molecule has 0 bridgehead atoms. The highest BCUT2D eigenvalue weighted by molar-refractivity contribution is 9.11. The van der Waals surface area contributed by atoms with Gasteiger partial charge in [-0.05, 0) is 51.8 Å². The Bertz CT molecular complexity index is 1470. The molecule has 2 heterocycles. The number of rotatable bonds is 3. The standard InChI is InChI=1S/C23H14Br2N4O/c24-16-13-18-21(19(25)14-16)26-23-28(17-9-5-2-6-10-17)20(27-29(23)22(18)30)12-11-15-7-3-1-4-8-15/h1-14H/b12-11+. The molecule has 0 aliphatic carbocycles. The third-order valence-electron chi connectivity index (χ3n) is 4.72. The number of hydrogen-bond donors (Lipinski definition) is 0. The predicted octanol–water partition coefficient (Wildman–Crippen LogP) is 5.73. The molecule has 7 heteroatoms. The Morgan fingerprint density at radius 2 is 1.57 bits per heavy atom. The maximum absolute atomic E-state index is 13.2. The molecule has 0 aliphatic rings. The first-order valence-electron chi connectivity index (χ1n) is 9.21. The molecule has 5 rings (SSSR count). The Balaban J connectivity index is 1.84. The Kier molecular flexibility index (Phi) is 4.84. The van der Waals surface area contributed by atoms with E-state index in [9.17, 15) is 4.79 Å². The van der Waals surface area contributed by atoms with Crippen LogP contribution in [0.5, 0.6) is 0 Å². The van der Waals surface area contributed by atoms with Crippen molar-refractivity contribution in [2.75, 3.05) is 0 Å². The number of nitrogens with zero attached hydrogens (tertiary/aromatic N) is 4. The van der Waals surface area contributed by atoms with Gasteiger partial charge in [-0.25, -0.2) is 4.98 Å². The molecule has 0 aliphatic heterocycles. The molecule has 0 atom stereocenters. The first-order valence-corrected chi connectivity index (χ1v) is 10.8. The average molecular weight is 522 g/mol. The van der Waals surface area contributed by atoms with Crippen molar-refractivity contribution in [3.8, 4) is 5.69 Å². The fourth-order valence-electron chi connectivity index (χ4n) is 3.35. The van der Waals surface area contributed by atoms with E-state index in [1.54, 1.807) is 6.07 Å². The third kappa shape index (κ3) is 3.30. The van der Waals surface area contributed by atoms with Gasteiger partial charge in [0.25, 0.3) is 5.56 Å². The summed E-state index contributed by atoms with van der Waals surface area (Å²) >= 11 is 6.98. The van der Waals surface area contributed by atoms with Crippen LogP contribution in [-0.2, 0) is 0 Å². The second-order valence-corrected chi connectivity index (χ2v) is 8.46. The molecule has 0 unspecified atom stereocenters. The lowest BCUT2D eigenvalue weighted by molar-refractivity contribution is 0.910. The van der Waals surface area contributed by atoms with Crippen molar-refractivity contribution >= 4 is 60.7 Å². The number of halogens is 2. The number of aromatic nitrogens is 4. The minimum atomic E-state index is -0.221. The second kappa shape index (κ2) is 7.66. The molecule has 30 heavy (non-hydrogen) atoms. The van der Waals surface area contributed by atoms with Gasteiger partial charge in [0.15, 0.2) is 5.82 Å². The lowest BCUT2D eigenvalue weighted by Crippen LogP contribution is -2.16. The summed E-state index contributed by atoms with van der Waals surface area (Å²) in [6, 6.07) is 23.4. The minimum absolute atomic E-state index is 0.221. The summed E-state index contributed by atoms with van der Waals surface area (Å²) in [7, 11) is 0. The third-order valence-corrected chi connectivity index (χ3v) is 5.78. The highest BCUT2D eigenvalue weighted by atomic mass is 79.9. The van der Waals surface area contributed by atoms with E-state index >= 15 is 0 Å². The van der Waals surface area contributed by atoms with Gasteiger partial charge in [0.2, 0.25) is 5.78 Å². The van der Waals surface area contributed by atoms with Gasteiger partial charge in [-0.15, -0.1) is 5.10 Å². The Labute approximate surface area is 188 Å². The van der Waals surface area contributed by atoms with Gasteiger partial charge >= 0.3 is 0 Å². The van der Waals surface area contributed by atoms with Gasteiger partial charge in [-0.3, -0.25) is 9.36 Å². The van der Waals surface area contributed by atoms with E-state index in [1.165, 1.54) is 4.52 Å². The molecule has 0 saturated heterocycles.